The molecule has 1 aliphatic heterocycles. The Bertz CT molecular complexity index is 1040. The van der Waals surface area contributed by atoms with Crippen molar-refractivity contribution in [3.05, 3.63) is 59.7 Å². The SMILES string of the molecule is C=C(C)C(O)CCC1(C)C=Cc2c(c(C)cc3c2[nH]c2ccccc23)O1. The third kappa shape index (κ3) is 2.73. The second-order valence-corrected chi connectivity index (χ2v) is 7.68. The van der Waals surface area contributed by atoms with Crippen molar-refractivity contribution in [2.75, 3.05) is 0 Å². The van der Waals surface area contributed by atoms with Gasteiger partial charge in [0.25, 0.3) is 0 Å². The maximum absolute atomic E-state index is 10.1. The van der Waals surface area contributed by atoms with E-state index < -0.39 is 11.7 Å². The predicted molar refractivity (Wildman–Crippen MR) is 109 cm³/mol. The van der Waals surface area contributed by atoms with E-state index in [1.807, 2.05) is 13.0 Å². The zero-order valence-corrected chi connectivity index (χ0v) is 15.6. The van der Waals surface area contributed by atoms with Crippen LogP contribution in [0.2, 0.25) is 0 Å². The normalized spacial score (nSPS) is 20.2. The number of hydrogen-bond acceptors (Lipinski definition) is 2. The van der Waals surface area contributed by atoms with E-state index in [0.717, 1.165) is 39.9 Å². The van der Waals surface area contributed by atoms with Crippen molar-refractivity contribution in [1.82, 2.24) is 4.98 Å². The highest BCUT2D eigenvalue weighted by Crippen LogP contribution is 2.42. The van der Waals surface area contributed by atoms with Gasteiger partial charge in [0.15, 0.2) is 0 Å². The summed E-state index contributed by atoms with van der Waals surface area (Å²) in [5.41, 5.74) is 4.87. The summed E-state index contributed by atoms with van der Waals surface area (Å²) in [6, 6.07) is 10.6. The number of fused-ring (bicyclic) bond motifs is 5. The summed E-state index contributed by atoms with van der Waals surface area (Å²) < 4.78 is 6.44. The van der Waals surface area contributed by atoms with Crippen LogP contribution in [0.15, 0.2) is 48.6 Å². The Balaban J connectivity index is 1.75. The molecule has 2 N–H and O–H groups in total. The Morgan fingerprint density at radius 2 is 2.08 bits per heavy atom. The van der Waals surface area contributed by atoms with Crippen molar-refractivity contribution < 1.29 is 9.84 Å². The summed E-state index contributed by atoms with van der Waals surface area (Å²) in [5, 5.41) is 12.5. The van der Waals surface area contributed by atoms with Crippen molar-refractivity contribution in [2.24, 2.45) is 0 Å². The van der Waals surface area contributed by atoms with Gasteiger partial charge < -0.3 is 14.8 Å². The molecule has 1 aliphatic rings. The van der Waals surface area contributed by atoms with Crippen LogP contribution in [0.5, 0.6) is 5.75 Å². The van der Waals surface area contributed by atoms with Gasteiger partial charge >= 0.3 is 0 Å². The molecule has 0 spiro atoms. The molecule has 2 unspecified atom stereocenters. The van der Waals surface area contributed by atoms with Crippen LogP contribution < -0.4 is 4.74 Å². The van der Waals surface area contributed by atoms with E-state index in [-0.39, 0.29) is 0 Å². The van der Waals surface area contributed by atoms with Crippen LogP contribution in [-0.4, -0.2) is 21.8 Å². The van der Waals surface area contributed by atoms with Gasteiger partial charge in [0.05, 0.1) is 11.6 Å². The van der Waals surface area contributed by atoms with E-state index >= 15 is 0 Å². The third-order valence-corrected chi connectivity index (χ3v) is 5.40. The van der Waals surface area contributed by atoms with Gasteiger partial charge in [0.1, 0.15) is 11.4 Å². The van der Waals surface area contributed by atoms with Crippen LogP contribution >= 0.6 is 0 Å². The topological polar surface area (TPSA) is 45.2 Å². The molecule has 4 rings (SSSR count). The molecule has 3 heteroatoms. The van der Waals surface area contributed by atoms with Crippen LogP contribution in [0.1, 0.15) is 37.8 Å². The minimum Gasteiger partial charge on any atom is -0.483 e. The number of aliphatic hydroxyl groups is 1. The van der Waals surface area contributed by atoms with E-state index in [9.17, 15) is 5.11 Å². The Hall–Kier alpha value is -2.52. The maximum atomic E-state index is 10.1. The quantitative estimate of drug-likeness (QED) is 0.611. The number of aliphatic hydroxyl groups excluding tert-OH is 1. The summed E-state index contributed by atoms with van der Waals surface area (Å²) in [5.74, 6) is 0.930. The molecule has 26 heavy (non-hydrogen) atoms. The molecule has 0 bridgehead atoms. The third-order valence-electron chi connectivity index (χ3n) is 5.40. The second kappa shape index (κ2) is 6.03. The molecule has 2 atom stereocenters. The molecule has 3 nitrogen and oxygen atoms in total. The van der Waals surface area contributed by atoms with Gasteiger partial charge in [0, 0.05) is 21.9 Å². The molecule has 2 heterocycles. The van der Waals surface area contributed by atoms with Crippen LogP contribution in [0.4, 0.5) is 0 Å². The van der Waals surface area contributed by atoms with Gasteiger partial charge in [-0.3, -0.25) is 0 Å². The lowest BCUT2D eigenvalue weighted by atomic mass is 9.91. The molecule has 1 aromatic heterocycles. The lowest BCUT2D eigenvalue weighted by molar-refractivity contribution is 0.101. The first-order valence-corrected chi connectivity index (χ1v) is 9.14. The van der Waals surface area contributed by atoms with Crippen LogP contribution in [0.3, 0.4) is 0 Å². The molecule has 2 aromatic carbocycles. The first-order valence-electron chi connectivity index (χ1n) is 9.14. The van der Waals surface area contributed by atoms with E-state index in [4.69, 9.17) is 4.74 Å². The molecule has 0 saturated carbocycles. The lowest BCUT2D eigenvalue weighted by Gasteiger charge is -2.33. The van der Waals surface area contributed by atoms with Gasteiger partial charge in [-0.1, -0.05) is 30.4 Å². The minimum atomic E-state index is -0.484. The van der Waals surface area contributed by atoms with E-state index in [2.05, 4.69) is 61.8 Å². The lowest BCUT2D eigenvalue weighted by Crippen LogP contribution is -2.33. The molecule has 0 amide bonds. The first kappa shape index (κ1) is 16.9. The number of ether oxygens (including phenoxy) is 1. The number of rotatable bonds is 4. The zero-order valence-electron chi connectivity index (χ0n) is 15.6. The fourth-order valence-electron chi connectivity index (χ4n) is 3.76. The number of H-pyrrole nitrogens is 1. The minimum absolute atomic E-state index is 0.423. The monoisotopic (exact) mass is 347 g/mol. The number of aromatic nitrogens is 1. The zero-order chi connectivity index (χ0) is 18.5. The highest BCUT2D eigenvalue weighted by atomic mass is 16.5. The fraction of sp³-hybridized carbons (Fsp3) is 0.304. The standard InChI is InChI=1S/C23H25NO2/c1-14(2)20(25)10-12-23(4)11-9-17-21-18(13-15(3)22(17)26-23)16-7-5-6-8-19(16)24-21/h5-9,11,13,20,24-25H,1,10,12H2,2-4H3. The highest BCUT2D eigenvalue weighted by Gasteiger charge is 2.30. The number of hydrogen-bond donors (Lipinski definition) is 2. The number of aromatic amines is 1. The molecular formula is C23H25NO2. The van der Waals surface area contributed by atoms with Crippen LogP contribution in [0.25, 0.3) is 27.9 Å². The molecule has 0 saturated heterocycles. The highest BCUT2D eigenvalue weighted by molar-refractivity contribution is 6.11. The van der Waals surface area contributed by atoms with Crippen LogP contribution in [0, 0.1) is 6.92 Å². The van der Waals surface area contributed by atoms with E-state index in [0.29, 0.717) is 6.42 Å². The van der Waals surface area contributed by atoms with Gasteiger partial charge in [0.2, 0.25) is 0 Å². The first-order chi connectivity index (χ1) is 12.4. The number of benzene rings is 2. The van der Waals surface area contributed by atoms with Crippen molar-refractivity contribution in [3.63, 3.8) is 0 Å². The van der Waals surface area contributed by atoms with Crippen molar-refractivity contribution in [1.29, 1.82) is 0 Å². The Labute approximate surface area is 154 Å². The number of aryl methyl sites for hydroxylation is 1. The van der Waals surface area contributed by atoms with Gasteiger partial charge in [-0.2, -0.15) is 0 Å². The van der Waals surface area contributed by atoms with Crippen molar-refractivity contribution in [2.45, 2.75) is 45.3 Å². The fourth-order valence-corrected chi connectivity index (χ4v) is 3.76. The number of para-hydroxylation sites is 1. The maximum Gasteiger partial charge on any atom is 0.132 e. The average molecular weight is 347 g/mol. The summed E-state index contributed by atoms with van der Waals surface area (Å²) in [7, 11) is 0. The smallest absolute Gasteiger partial charge is 0.132 e. The van der Waals surface area contributed by atoms with Crippen molar-refractivity contribution in [3.8, 4) is 5.75 Å². The molecule has 0 aliphatic carbocycles. The Morgan fingerprint density at radius 1 is 1.31 bits per heavy atom. The van der Waals surface area contributed by atoms with E-state index in [1.54, 1.807) is 0 Å². The summed E-state index contributed by atoms with van der Waals surface area (Å²) in [4.78, 5) is 3.54. The van der Waals surface area contributed by atoms with Gasteiger partial charge in [-0.15, -0.1) is 0 Å². The molecule has 134 valence electrons. The molecule has 0 radical (unpaired) electrons. The molecular weight excluding hydrogens is 322 g/mol. The molecule has 3 aromatic rings. The number of nitrogens with one attached hydrogen (secondary N) is 1. The molecule has 0 fully saturated rings. The predicted octanol–water partition coefficient (Wildman–Crippen LogP) is 5.51. The Morgan fingerprint density at radius 3 is 2.85 bits per heavy atom. The summed E-state index contributed by atoms with van der Waals surface area (Å²) in [6.45, 7) is 9.87. The van der Waals surface area contributed by atoms with Crippen molar-refractivity contribution >= 4 is 27.9 Å². The summed E-state index contributed by atoms with van der Waals surface area (Å²) in [6.07, 6.45) is 5.17. The average Bonchev–Trinajstić information content (AvgIpc) is 2.98. The van der Waals surface area contributed by atoms with Gasteiger partial charge in [-0.05, 0) is 63.5 Å². The second-order valence-electron chi connectivity index (χ2n) is 7.68. The van der Waals surface area contributed by atoms with Gasteiger partial charge in [-0.25, -0.2) is 0 Å². The Kier molecular flexibility index (Phi) is 3.92. The van der Waals surface area contributed by atoms with E-state index in [1.165, 1.54) is 10.8 Å². The van der Waals surface area contributed by atoms with Crippen LogP contribution in [-0.2, 0) is 0 Å². The summed E-state index contributed by atoms with van der Waals surface area (Å²) >= 11 is 0. The largest absolute Gasteiger partial charge is 0.483 e.